The van der Waals surface area contributed by atoms with Crippen LogP contribution in [-0.4, -0.2) is 74.2 Å². The number of carbonyl (C=O) groups excluding carboxylic acids is 2. The summed E-state index contributed by atoms with van der Waals surface area (Å²) < 4.78 is 6.55. The number of likely N-dealkylation sites (tertiary alicyclic amines) is 1. The first-order valence-electron chi connectivity index (χ1n) is 12.1. The van der Waals surface area contributed by atoms with Crippen molar-refractivity contribution in [2.75, 3.05) is 13.2 Å². The number of amides is 2. The highest BCUT2D eigenvalue weighted by atomic mass is 16.5. The predicted molar refractivity (Wildman–Crippen MR) is 125 cm³/mol. The zero-order chi connectivity index (χ0) is 24.7. The molecular weight excluding hydrogens is 436 g/mol. The summed E-state index contributed by atoms with van der Waals surface area (Å²) in [5.41, 5.74) is -1.24. The maximum Gasteiger partial charge on any atom is 0.310 e. The van der Waals surface area contributed by atoms with Gasteiger partial charge >= 0.3 is 5.97 Å². The maximum atomic E-state index is 14.2. The Morgan fingerprint density at radius 1 is 1.29 bits per heavy atom. The summed E-state index contributed by atoms with van der Waals surface area (Å²) in [6.45, 7) is 7.79. The molecule has 34 heavy (non-hydrogen) atoms. The average molecular weight is 471 g/mol. The molecule has 2 N–H and O–H groups in total. The number of carboxylic acids is 1. The molecule has 0 aromatic heterocycles. The number of nitrogens with zero attached hydrogens (tertiary/aromatic N) is 2. The van der Waals surface area contributed by atoms with Gasteiger partial charge in [-0.1, -0.05) is 50.3 Å². The molecule has 2 bridgehead atoms. The molecule has 2 unspecified atom stereocenters. The normalized spacial score (nSPS) is 32.5. The molecule has 3 fully saturated rings. The van der Waals surface area contributed by atoms with Gasteiger partial charge in [-0.2, -0.15) is 0 Å². The van der Waals surface area contributed by atoms with E-state index >= 15 is 0 Å². The summed E-state index contributed by atoms with van der Waals surface area (Å²) >= 11 is 0. The van der Waals surface area contributed by atoms with Gasteiger partial charge < -0.3 is 24.7 Å². The molecule has 8 nitrogen and oxygen atoms in total. The standard InChI is InChI=1S/C26H34N2O6/c1-4-14-27(15-17-10-8-7-9-11-17)23(31)21-26-13-12-25(6-3,34-26)20(24(32)33)19(26)22(30)28(21)18(5-2)16-29/h4,7-11,18-21,29H,1,5-6,12-16H2,2-3H3,(H,32,33)/t18-,19-,20+,21?,25-,26?/m0/s1. The average Bonchev–Trinajstić information content (AvgIpc) is 3.44. The van der Waals surface area contributed by atoms with Crippen molar-refractivity contribution < 1.29 is 29.3 Å². The van der Waals surface area contributed by atoms with E-state index in [2.05, 4.69) is 6.58 Å². The zero-order valence-electron chi connectivity index (χ0n) is 19.9. The third-order valence-corrected chi connectivity index (χ3v) is 8.07. The Kier molecular flexibility index (Phi) is 6.57. The fraction of sp³-hybridized carbons (Fsp3) is 0.577. The number of hydrogen-bond acceptors (Lipinski definition) is 5. The number of ether oxygens (including phenoxy) is 1. The van der Waals surface area contributed by atoms with Crippen LogP contribution in [0.1, 0.15) is 45.1 Å². The highest BCUT2D eigenvalue weighted by Crippen LogP contribution is 2.64. The van der Waals surface area contributed by atoms with Crippen molar-refractivity contribution in [1.29, 1.82) is 0 Å². The molecule has 0 saturated carbocycles. The highest BCUT2D eigenvalue weighted by molar-refractivity contribution is 5.98. The number of aliphatic hydroxyl groups excluding tert-OH is 1. The molecule has 3 aliphatic heterocycles. The largest absolute Gasteiger partial charge is 0.481 e. The second kappa shape index (κ2) is 9.15. The maximum absolute atomic E-state index is 14.2. The van der Waals surface area contributed by atoms with Crippen LogP contribution in [0.2, 0.25) is 0 Å². The SMILES string of the molecule is C=CCN(Cc1ccccc1)C(=O)C1N([C@@H](CC)CO)C(=O)[C@@H]2[C@H](C(=O)O)[C@]3(CC)CCC12O3. The number of benzene rings is 1. The van der Waals surface area contributed by atoms with E-state index in [1.807, 2.05) is 44.2 Å². The third kappa shape index (κ3) is 3.46. The molecule has 0 radical (unpaired) electrons. The number of hydrogen-bond donors (Lipinski definition) is 2. The second-order valence-electron chi connectivity index (χ2n) is 9.65. The first kappa shape index (κ1) is 24.4. The zero-order valence-corrected chi connectivity index (χ0v) is 19.9. The Balaban J connectivity index is 1.80. The van der Waals surface area contributed by atoms with Crippen LogP contribution in [0, 0.1) is 11.8 Å². The molecule has 1 aromatic carbocycles. The molecule has 0 aliphatic carbocycles. The second-order valence-corrected chi connectivity index (χ2v) is 9.65. The van der Waals surface area contributed by atoms with Gasteiger partial charge in [0.25, 0.3) is 0 Å². The van der Waals surface area contributed by atoms with E-state index in [0.717, 1.165) is 5.56 Å². The van der Waals surface area contributed by atoms with Crippen molar-refractivity contribution in [1.82, 2.24) is 9.80 Å². The molecule has 3 saturated heterocycles. The van der Waals surface area contributed by atoms with E-state index in [4.69, 9.17) is 4.74 Å². The van der Waals surface area contributed by atoms with E-state index in [0.29, 0.717) is 32.2 Å². The van der Waals surface area contributed by atoms with Crippen LogP contribution in [0.3, 0.4) is 0 Å². The topological polar surface area (TPSA) is 107 Å². The molecule has 6 atom stereocenters. The van der Waals surface area contributed by atoms with E-state index in [1.165, 1.54) is 4.90 Å². The van der Waals surface area contributed by atoms with Crippen molar-refractivity contribution in [3.8, 4) is 0 Å². The van der Waals surface area contributed by atoms with Crippen molar-refractivity contribution in [3.63, 3.8) is 0 Å². The molecule has 3 heterocycles. The minimum Gasteiger partial charge on any atom is -0.481 e. The summed E-state index contributed by atoms with van der Waals surface area (Å²) in [7, 11) is 0. The molecule has 4 rings (SSSR count). The van der Waals surface area contributed by atoms with Gasteiger partial charge in [-0.15, -0.1) is 6.58 Å². The van der Waals surface area contributed by atoms with Crippen molar-refractivity contribution in [2.24, 2.45) is 11.8 Å². The molecule has 2 amide bonds. The minimum atomic E-state index is -1.22. The minimum absolute atomic E-state index is 0.268. The molecule has 8 heteroatoms. The lowest BCUT2D eigenvalue weighted by Gasteiger charge is -2.39. The van der Waals surface area contributed by atoms with Gasteiger partial charge in [0.05, 0.1) is 24.2 Å². The number of aliphatic carboxylic acids is 1. The highest BCUT2D eigenvalue weighted by Gasteiger charge is 2.79. The smallest absolute Gasteiger partial charge is 0.310 e. The molecule has 1 spiro atoms. The van der Waals surface area contributed by atoms with E-state index in [1.54, 1.807) is 11.0 Å². The van der Waals surface area contributed by atoms with Crippen LogP contribution in [0.4, 0.5) is 0 Å². The Morgan fingerprint density at radius 3 is 2.56 bits per heavy atom. The number of rotatable bonds is 10. The first-order chi connectivity index (χ1) is 16.3. The Morgan fingerprint density at radius 2 is 2.00 bits per heavy atom. The summed E-state index contributed by atoms with van der Waals surface area (Å²) in [5.74, 6) is -3.74. The van der Waals surface area contributed by atoms with Crippen molar-refractivity contribution >= 4 is 17.8 Å². The van der Waals surface area contributed by atoms with E-state index in [-0.39, 0.29) is 19.1 Å². The fourth-order valence-corrected chi connectivity index (χ4v) is 6.48. The molecule has 184 valence electrons. The van der Waals surface area contributed by atoms with E-state index < -0.39 is 47.0 Å². The number of aliphatic hydroxyl groups is 1. The fourth-order valence-electron chi connectivity index (χ4n) is 6.48. The van der Waals surface area contributed by atoms with E-state index in [9.17, 15) is 24.6 Å². The molecule has 1 aromatic rings. The first-order valence-corrected chi connectivity index (χ1v) is 12.1. The van der Waals surface area contributed by atoms with Gasteiger partial charge in [-0.3, -0.25) is 14.4 Å². The lowest BCUT2D eigenvalue weighted by Crippen LogP contribution is -2.58. The molecule has 3 aliphatic rings. The van der Waals surface area contributed by atoms with Crippen molar-refractivity contribution in [2.45, 2.75) is 69.4 Å². The number of carboxylic acid groups (broad SMARTS) is 1. The van der Waals surface area contributed by atoms with Crippen LogP contribution < -0.4 is 0 Å². The Hall–Kier alpha value is -2.71. The van der Waals surface area contributed by atoms with Gasteiger partial charge in [0.2, 0.25) is 11.8 Å². The number of fused-ring (bicyclic) bond motifs is 1. The van der Waals surface area contributed by atoms with Gasteiger partial charge in [-0.05, 0) is 31.2 Å². The Bertz CT molecular complexity index is 963. The monoisotopic (exact) mass is 470 g/mol. The van der Waals surface area contributed by atoms with Crippen molar-refractivity contribution in [3.05, 3.63) is 48.6 Å². The number of carbonyl (C=O) groups is 3. The third-order valence-electron chi connectivity index (χ3n) is 8.07. The molecular formula is C26H34N2O6. The van der Waals surface area contributed by atoms with Crippen LogP contribution in [0.25, 0.3) is 0 Å². The summed E-state index contributed by atoms with van der Waals surface area (Å²) in [6, 6.07) is 7.95. The lowest BCUT2D eigenvalue weighted by atomic mass is 9.65. The van der Waals surface area contributed by atoms with Gasteiger partial charge in [0.15, 0.2) is 0 Å². The van der Waals surface area contributed by atoms with Crippen LogP contribution in [0.5, 0.6) is 0 Å². The lowest BCUT2D eigenvalue weighted by molar-refractivity contribution is -0.160. The summed E-state index contributed by atoms with van der Waals surface area (Å²) in [5, 5.41) is 20.2. The Labute approximate surface area is 200 Å². The predicted octanol–water partition coefficient (Wildman–Crippen LogP) is 2.21. The van der Waals surface area contributed by atoms with Crippen LogP contribution in [0.15, 0.2) is 43.0 Å². The van der Waals surface area contributed by atoms with Crippen LogP contribution in [-0.2, 0) is 25.7 Å². The van der Waals surface area contributed by atoms with Gasteiger partial charge in [0, 0.05) is 13.1 Å². The van der Waals surface area contributed by atoms with Gasteiger partial charge in [-0.25, -0.2) is 0 Å². The van der Waals surface area contributed by atoms with Crippen LogP contribution >= 0.6 is 0 Å². The quantitative estimate of drug-likeness (QED) is 0.508. The summed E-state index contributed by atoms with van der Waals surface area (Å²) in [4.78, 5) is 43.5. The summed E-state index contributed by atoms with van der Waals surface area (Å²) in [6.07, 6.45) is 3.45. The van der Waals surface area contributed by atoms with Gasteiger partial charge in [0.1, 0.15) is 17.6 Å².